The van der Waals surface area contributed by atoms with Gasteiger partial charge in [-0.2, -0.15) is 0 Å². The van der Waals surface area contributed by atoms with Crippen LogP contribution in [0.1, 0.15) is 99.0 Å². The number of methoxy groups -OCH3 is 1. The van der Waals surface area contributed by atoms with E-state index in [1.807, 2.05) is 24.3 Å². The standard InChI is InChI=1S/C32H46O7Si2/c1-29(2,3)40(30(4,5)6)36-22(19-24(33)38-40)18-21-17-20-15-14-16-23-25(20)27(26(21)28(34)35-13)39-41(37-23,31(7,8)9)32(10,11)12/h14-17,19H,18H2,1-13H3. The van der Waals surface area contributed by atoms with Crippen molar-refractivity contribution in [3.63, 3.8) is 0 Å². The van der Waals surface area contributed by atoms with Crippen molar-refractivity contribution in [2.24, 2.45) is 0 Å². The highest BCUT2D eigenvalue weighted by molar-refractivity contribution is 6.76. The fourth-order valence-corrected chi connectivity index (χ4v) is 15.5. The quantitative estimate of drug-likeness (QED) is 0.259. The minimum atomic E-state index is -3.14. The van der Waals surface area contributed by atoms with E-state index < -0.39 is 39.1 Å². The van der Waals surface area contributed by atoms with Gasteiger partial charge in [-0.15, -0.1) is 0 Å². The van der Waals surface area contributed by atoms with Crippen molar-refractivity contribution in [1.82, 2.24) is 0 Å². The normalized spacial score (nSPS) is 18.5. The predicted molar refractivity (Wildman–Crippen MR) is 166 cm³/mol. The summed E-state index contributed by atoms with van der Waals surface area (Å²) in [5, 5.41) is 0.150. The van der Waals surface area contributed by atoms with E-state index in [-0.39, 0.29) is 16.5 Å². The Balaban J connectivity index is 1.97. The summed E-state index contributed by atoms with van der Waals surface area (Å²) in [6.45, 7) is 25.1. The predicted octanol–water partition coefficient (Wildman–Crippen LogP) is 8.48. The summed E-state index contributed by atoms with van der Waals surface area (Å²) in [5.41, 5.74) is 0.999. The number of ether oxygens (including phenoxy) is 1. The third-order valence-electron chi connectivity index (χ3n) is 8.16. The van der Waals surface area contributed by atoms with E-state index in [2.05, 4.69) is 83.1 Å². The molecule has 0 bridgehead atoms. The molecule has 0 atom stereocenters. The number of benzene rings is 2. The molecule has 7 nitrogen and oxygen atoms in total. The Kier molecular flexibility index (Phi) is 7.31. The Morgan fingerprint density at radius 3 is 1.83 bits per heavy atom. The summed E-state index contributed by atoms with van der Waals surface area (Å²) in [6.07, 6.45) is 1.61. The molecule has 2 aliphatic heterocycles. The molecule has 2 aromatic carbocycles. The van der Waals surface area contributed by atoms with Gasteiger partial charge in [-0.3, -0.25) is 0 Å². The van der Waals surface area contributed by atoms with Crippen LogP contribution in [-0.4, -0.2) is 36.2 Å². The Morgan fingerprint density at radius 2 is 1.32 bits per heavy atom. The highest BCUT2D eigenvalue weighted by Crippen LogP contribution is 2.58. The summed E-state index contributed by atoms with van der Waals surface area (Å²) in [5.74, 6) is 0.752. The van der Waals surface area contributed by atoms with Crippen LogP contribution in [0.4, 0.5) is 0 Å². The van der Waals surface area contributed by atoms with Crippen LogP contribution in [0.15, 0.2) is 36.1 Å². The van der Waals surface area contributed by atoms with Crippen LogP contribution in [0.5, 0.6) is 11.5 Å². The topological polar surface area (TPSA) is 80.3 Å². The van der Waals surface area contributed by atoms with Crippen molar-refractivity contribution in [1.29, 1.82) is 0 Å². The Bertz CT molecular complexity index is 1400. The molecule has 0 aromatic heterocycles. The highest BCUT2D eigenvalue weighted by atomic mass is 28.4. The number of hydrogen-bond donors (Lipinski definition) is 0. The first-order valence-electron chi connectivity index (χ1n) is 14.3. The second kappa shape index (κ2) is 9.62. The molecule has 9 heteroatoms. The lowest BCUT2D eigenvalue weighted by Crippen LogP contribution is -2.63. The second-order valence-corrected chi connectivity index (χ2v) is 24.6. The van der Waals surface area contributed by atoms with E-state index in [1.54, 1.807) is 0 Å². The maximum atomic E-state index is 13.6. The van der Waals surface area contributed by atoms with Crippen molar-refractivity contribution in [2.75, 3.05) is 7.11 Å². The van der Waals surface area contributed by atoms with E-state index in [4.69, 9.17) is 22.4 Å². The third kappa shape index (κ3) is 4.88. The van der Waals surface area contributed by atoms with Crippen LogP contribution < -0.4 is 8.85 Å². The van der Waals surface area contributed by atoms with Crippen molar-refractivity contribution >= 4 is 39.8 Å². The van der Waals surface area contributed by atoms with E-state index in [0.29, 0.717) is 28.4 Å². The number of allylic oxidation sites excluding steroid dienone is 1. The third-order valence-corrected chi connectivity index (χ3v) is 18.1. The zero-order valence-electron chi connectivity index (χ0n) is 27.0. The Morgan fingerprint density at radius 1 is 0.780 bits per heavy atom. The van der Waals surface area contributed by atoms with Crippen LogP contribution in [0, 0.1) is 0 Å². The molecule has 224 valence electrons. The van der Waals surface area contributed by atoms with Gasteiger partial charge in [-0.25, -0.2) is 9.59 Å². The lowest BCUT2D eigenvalue weighted by molar-refractivity contribution is -0.133. The van der Waals surface area contributed by atoms with Gasteiger partial charge >= 0.3 is 29.1 Å². The molecule has 41 heavy (non-hydrogen) atoms. The first kappa shape index (κ1) is 31.2. The van der Waals surface area contributed by atoms with E-state index in [9.17, 15) is 9.59 Å². The van der Waals surface area contributed by atoms with Gasteiger partial charge in [0.25, 0.3) is 0 Å². The maximum Gasteiger partial charge on any atom is 0.473 e. The molecular weight excluding hydrogens is 553 g/mol. The minimum Gasteiger partial charge on any atom is -0.514 e. The molecule has 0 N–H and O–H groups in total. The molecule has 0 radical (unpaired) electrons. The van der Waals surface area contributed by atoms with Gasteiger partial charge in [-0.05, 0) is 23.1 Å². The van der Waals surface area contributed by atoms with Gasteiger partial charge in [-0.1, -0.05) is 95.2 Å². The molecule has 2 aliphatic rings. The first-order chi connectivity index (χ1) is 18.6. The largest absolute Gasteiger partial charge is 0.514 e. The number of rotatable bonds is 3. The van der Waals surface area contributed by atoms with Gasteiger partial charge in [0.2, 0.25) is 0 Å². The van der Waals surface area contributed by atoms with E-state index >= 15 is 0 Å². The first-order valence-corrected chi connectivity index (χ1v) is 17.9. The van der Waals surface area contributed by atoms with Crippen molar-refractivity contribution < 1.29 is 32.0 Å². The fraction of sp³-hybridized carbons (Fsp3) is 0.562. The van der Waals surface area contributed by atoms with Gasteiger partial charge < -0.3 is 22.4 Å². The lowest BCUT2D eigenvalue weighted by atomic mass is 9.96. The molecule has 0 fully saturated rings. The summed E-state index contributed by atoms with van der Waals surface area (Å²) >= 11 is 0. The van der Waals surface area contributed by atoms with Gasteiger partial charge in [0.05, 0.1) is 24.3 Å². The van der Waals surface area contributed by atoms with Gasteiger partial charge in [0, 0.05) is 26.6 Å². The van der Waals surface area contributed by atoms with Crippen molar-refractivity contribution in [3.8, 4) is 11.5 Å². The fourth-order valence-electron chi connectivity index (χ4n) is 6.70. The van der Waals surface area contributed by atoms with Crippen LogP contribution in [0.2, 0.25) is 20.2 Å². The molecular formula is C32H46O7Si2. The van der Waals surface area contributed by atoms with Gasteiger partial charge in [0.15, 0.2) is 0 Å². The number of carbonyl (C=O) groups excluding carboxylic acids is 2. The number of hydrogen-bond acceptors (Lipinski definition) is 7. The zero-order chi connectivity index (χ0) is 31.0. The zero-order valence-corrected chi connectivity index (χ0v) is 29.0. The van der Waals surface area contributed by atoms with Crippen LogP contribution in [0.25, 0.3) is 10.8 Å². The summed E-state index contributed by atoms with van der Waals surface area (Å²) in [6, 6.07) is 7.84. The van der Waals surface area contributed by atoms with E-state index in [0.717, 1.165) is 10.8 Å². The van der Waals surface area contributed by atoms with Crippen molar-refractivity contribution in [2.45, 2.75) is 110 Å². The Hall–Kier alpha value is -2.79. The van der Waals surface area contributed by atoms with Gasteiger partial charge in [0.1, 0.15) is 17.1 Å². The summed E-state index contributed by atoms with van der Waals surface area (Å²) in [4.78, 5) is 26.7. The minimum absolute atomic E-state index is 0.206. The monoisotopic (exact) mass is 598 g/mol. The maximum absolute atomic E-state index is 13.6. The number of carbonyl (C=O) groups is 2. The van der Waals surface area contributed by atoms with Crippen LogP contribution in [-0.2, 0) is 24.8 Å². The number of esters is 1. The van der Waals surface area contributed by atoms with Crippen molar-refractivity contribution in [3.05, 3.63) is 47.2 Å². The SMILES string of the molecule is COC(=O)c1c(CC2=CC(=O)O[Si](C(C)(C)C)(C(C)(C)C)O2)cc2cccc3c2c1O[Si](C(C)(C)C)(C(C)(C)C)O3. The second-order valence-electron chi connectivity index (χ2n) is 15.3. The Labute approximate surface area is 247 Å². The molecule has 0 spiro atoms. The molecule has 0 amide bonds. The smallest absolute Gasteiger partial charge is 0.473 e. The molecule has 2 heterocycles. The molecule has 0 saturated carbocycles. The molecule has 4 rings (SSSR count). The summed E-state index contributed by atoms with van der Waals surface area (Å²) < 4.78 is 32.1. The molecule has 0 saturated heterocycles. The highest BCUT2D eigenvalue weighted by Gasteiger charge is 2.65. The van der Waals surface area contributed by atoms with Crippen LogP contribution >= 0.6 is 0 Å². The lowest BCUT2D eigenvalue weighted by Gasteiger charge is -2.50. The average molecular weight is 599 g/mol. The molecule has 0 unspecified atom stereocenters. The molecule has 2 aromatic rings. The molecule has 0 aliphatic carbocycles. The van der Waals surface area contributed by atoms with Crippen LogP contribution in [0.3, 0.4) is 0 Å². The average Bonchev–Trinajstić information content (AvgIpc) is 2.80. The summed E-state index contributed by atoms with van der Waals surface area (Å²) in [7, 11) is -4.85. The van der Waals surface area contributed by atoms with E-state index in [1.165, 1.54) is 13.2 Å².